The van der Waals surface area contributed by atoms with E-state index in [0.717, 1.165) is 37.7 Å². The van der Waals surface area contributed by atoms with Gasteiger partial charge in [0.1, 0.15) is 11.5 Å². The van der Waals surface area contributed by atoms with E-state index in [9.17, 15) is 14.5 Å². The highest BCUT2D eigenvalue weighted by atomic mass is 19.1. The summed E-state index contributed by atoms with van der Waals surface area (Å²) in [5.74, 6) is 0.194. The monoisotopic (exact) mass is 280 g/mol. The lowest BCUT2D eigenvalue weighted by Crippen LogP contribution is -2.19. The van der Waals surface area contributed by atoms with Crippen molar-refractivity contribution >= 4 is 11.4 Å². The van der Waals surface area contributed by atoms with Crippen LogP contribution in [0.25, 0.3) is 0 Å². The minimum Gasteiger partial charge on any atom is -0.377 e. The average molecular weight is 280 g/mol. The first-order valence-electron chi connectivity index (χ1n) is 7.30. The van der Waals surface area contributed by atoms with E-state index < -0.39 is 10.7 Å². The Morgan fingerprint density at radius 2 is 2.15 bits per heavy atom. The van der Waals surface area contributed by atoms with Gasteiger partial charge in [0.15, 0.2) is 0 Å². The molecule has 0 amide bonds. The van der Waals surface area contributed by atoms with Crippen LogP contribution in [0.1, 0.15) is 45.4 Å². The molecular weight excluding hydrogens is 259 g/mol. The Hall–Kier alpha value is -1.65. The summed E-state index contributed by atoms with van der Waals surface area (Å²) in [6.07, 6.45) is 6.77. The van der Waals surface area contributed by atoms with Crippen molar-refractivity contribution in [1.29, 1.82) is 0 Å². The Balaban J connectivity index is 2.08. The molecule has 0 radical (unpaired) electrons. The van der Waals surface area contributed by atoms with E-state index in [1.807, 2.05) is 0 Å². The quantitative estimate of drug-likeness (QED) is 0.501. The average Bonchev–Trinajstić information content (AvgIpc) is 2.65. The predicted molar refractivity (Wildman–Crippen MR) is 77.3 cm³/mol. The lowest BCUT2D eigenvalue weighted by molar-refractivity contribution is -0.384. The molecule has 110 valence electrons. The van der Waals surface area contributed by atoms with Crippen LogP contribution < -0.4 is 5.32 Å². The predicted octanol–water partition coefficient (Wildman–Crippen LogP) is 4.50. The number of nitrogens with zero attached hydrogens (tertiary/aromatic N) is 1. The maximum absolute atomic E-state index is 13.1. The molecule has 0 spiro atoms. The van der Waals surface area contributed by atoms with Crippen LogP contribution in [0.3, 0.4) is 0 Å². The van der Waals surface area contributed by atoms with Crippen molar-refractivity contribution in [2.24, 2.45) is 5.92 Å². The summed E-state index contributed by atoms with van der Waals surface area (Å²) >= 11 is 0. The highest BCUT2D eigenvalue weighted by molar-refractivity contribution is 5.61. The number of hydrogen-bond acceptors (Lipinski definition) is 3. The second-order valence-corrected chi connectivity index (χ2v) is 5.54. The van der Waals surface area contributed by atoms with Crippen LogP contribution >= 0.6 is 0 Å². The smallest absolute Gasteiger partial charge is 0.295 e. The number of halogens is 1. The molecule has 1 aromatic carbocycles. The standard InChI is InChI=1S/C15H21FN2O2/c1-2-11-4-3-5-13(8-6-11)17-14-9-7-12(16)10-15(14)18(19)20/h7,9-11,13,17H,2-6,8H2,1H3. The molecule has 1 saturated carbocycles. The minimum absolute atomic E-state index is 0.179. The van der Waals surface area contributed by atoms with Gasteiger partial charge < -0.3 is 5.32 Å². The SMILES string of the molecule is CCC1CCCC(Nc2ccc(F)cc2[N+](=O)[O-])CC1. The highest BCUT2D eigenvalue weighted by Crippen LogP contribution is 2.30. The van der Waals surface area contributed by atoms with Crippen LogP contribution in [0, 0.1) is 21.8 Å². The number of hydrogen-bond donors (Lipinski definition) is 1. The molecule has 0 bridgehead atoms. The van der Waals surface area contributed by atoms with Crippen molar-refractivity contribution in [2.75, 3.05) is 5.32 Å². The van der Waals surface area contributed by atoms with Gasteiger partial charge in [-0.2, -0.15) is 0 Å². The van der Waals surface area contributed by atoms with Gasteiger partial charge in [-0.1, -0.05) is 26.2 Å². The summed E-state index contributed by atoms with van der Waals surface area (Å²) in [4.78, 5) is 10.5. The van der Waals surface area contributed by atoms with E-state index in [0.29, 0.717) is 5.69 Å². The summed E-state index contributed by atoms with van der Waals surface area (Å²) < 4.78 is 13.1. The largest absolute Gasteiger partial charge is 0.377 e. The van der Waals surface area contributed by atoms with Gasteiger partial charge in [0.25, 0.3) is 5.69 Å². The molecule has 5 heteroatoms. The van der Waals surface area contributed by atoms with Crippen LogP contribution in [-0.4, -0.2) is 11.0 Å². The van der Waals surface area contributed by atoms with Crippen molar-refractivity contribution < 1.29 is 9.31 Å². The lowest BCUT2D eigenvalue weighted by atomic mass is 9.98. The summed E-state index contributed by atoms with van der Waals surface area (Å²) in [6, 6.07) is 3.96. The van der Waals surface area contributed by atoms with Gasteiger partial charge in [-0.3, -0.25) is 10.1 Å². The Bertz CT molecular complexity index is 479. The molecule has 2 unspecified atom stereocenters. The van der Waals surface area contributed by atoms with Crippen LogP contribution in [-0.2, 0) is 0 Å². The van der Waals surface area contributed by atoms with Crippen LogP contribution in [0.2, 0.25) is 0 Å². The summed E-state index contributed by atoms with van der Waals surface area (Å²) in [5, 5.41) is 14.2. The molecule has 0 saturated heterocycles. The maximum atomic E-state index is 13.1. The molecule has 1 aromatic rings. The van der Waals surface area contributed by atoms with Gasteiger partial charge in [0, 0.05) is 6.04 Å². The molecular formula is C15H21FN2O2. The van der Waals surface area contributed by atoms with E-state index >= 15 is 0 Å². The molecule has 2 atom stereocenters. The second-order valence-electron chi connectivity index (χ2n) is 5.54. The first-order chi connectivity index (χ1) is 9.60. The lowest BCUT2D eigenvalue weighted by Gasteiger charge is -2.18. The Kier molecular flexibility index (Phi) is 4.93. The van der Waals surface area contributed by atoms with Gasteiger partial charge in [0.2, 0.25) is 0 Å². The fraction of sp³-hybridized carbons (Fsp3) is 0.600. The number of anilines is 1. The molecule has 0 heterocycles. The number of benzene rings is 1. The number of nitrogens with one attached hydrogen (secondary N) is 1. The molecule has 0 aliphatic heterocycles. The number of nitro groups is 1. The van der Waals surface area contributed by atoms with Gasteiger partial charge in [-0.15, -0.1) is 0 Å². The Morgan fingerprint density at radius 1 is 1.35 bits per heavy atom. The molecule has 4 nitrogen and oxygen atoms in total. The van der Waals surface area contributed by atoms with Crippen LogP contribution in [0.4, 0.5) is 15.8 Å². The minimum atomic E-state index is -0.575. The van der Waals surface area contributed by atoms with Crippen molar-refractivity contribution in [3.8, 4) is 0 Å². The van der Waals surface area contributed by atoms with Gasteiger partial charge >= 0.3 is 0 Å². The van der Waals surface area contributed by atoms with E-state index in [4.69, 9.17) is 0 Å². The third kappa shape index (κ3) is 3.68. The van der Waals surface area contributed by atoms with E-state index in [1.165, 1.54) is 25.0 Å². The molecule has 0 aromatic heterocycles. The molecule has 1 fully saturated rings. The first-order valence-corrected chi connectivity index (χ1v) is 7.30. The molecule has 1 N–H and O–H groups in total. The van der Waals surface area contributed by atoms with E-state index in [-0.39, 0.29) is 11.7 Å². The van der Waals surface area contributed by atoms with Crippen molar-refractivity contribution in [3.05, 3.63) is 34.1 Å². The number of nitro benzene ring substituents is 1. The van der Waals surface area contributed by atoms with Gasteiger partial charge in [-0.05, 0) is 37.3 Å². The maximum Gasteiger partial charge on any atom is 0.295 e. The Labute approximate surface area is 118 Å². The van der Waals surface area contributed by atoms with E-state index in [1.54, 1.807) is 0 Å². The third-order valence-corrected chi connectivity index (χ3v) is 4.18. The Morgan fingerprint density at radius 3 is 2.85 bits per heavy atom. The highest BCUT2D eigenvalue weighted by Gasteiger charge is 2.21. The zero-order valence-corrected chi connectivity index (χ0v) is 11.8. The fourth-order valence-corrected chi connectivity index (χ4v) is 2.93. The second kappa shape index (κ2) is 6.68. The summed E-state index contributed by atoms with van der Waals surface area (Å²) in [5.41, 5.74) is 0.248. The molecule has 2 rings (SSSR count). The molecule has 1 aliphatic rings. The topological polar surface area (TPSA) is 55.2 Å². The van der Waals surface area contributed by atoms with Crippen molar-refractivity contribution in [2.45, 2.75) is 51.5 Å². The zero-order valence-electron chi connectivity index (χ0n) is 11.8. The number of rotatable bonds is 4. The van der Waals surface area contributed by atoms with Crippen LogP contribution in [0.5, 0.6) is 0 Å². The van der Waals surface area contributed by atoms with Crippen molar-refractivity contribution in [1.82, 2.24) is 0 Å². The van der Waals surface area contributed by atoms with Crippen LogP contribution in [0.15, 0.2) is 18.2 Å². The fourth-order valence-electron chi connectivity index (χ4n) is 2.93. The van der Waals surface area contributed by atoms with Gasteiger partial charge in [0.05, 0.1) is 11.0 Å². The first kappa shape index (κ1) is 14.8. The van der Waals surface area contributed by atoms with E-state index in [2.05, 4.69) is 12.2 Å². The van der Waals surface area contributed by atoms with Crippen molar-refractivity contribution in [3.63, 3.8) is 0 Å². The van der Waals surface area contributed by atoms with Gasteiger partial charge in [-0.25, -0.2) is 4.39 Å². The summed E-state index contributed by atoms with van der Waals surface area (Å²) in [7, 11) is 0. The third-order valence-electron chi connectivity index (χ3n) is 4.18. The normalized spacial score (nSPS) is 23.1. The molecule has 20 heavy (non-hydrogen) atoms. The zero-order chi connectivity index (χ0) is 14.5. The molecule has 1 aliphatic carbocycles. The summed E-state index contributed by atoms with van der Waals surface area (Å²) in [6.45, 7) is 2.21.